The van der Waals surface area contributed by atoms with Crippen LogP contribution in [-0.2, 0) is 0 Å². The summed E-state index contributed by atoms with van der Waals surface area (Å²) in [5, 5.41) is 17.8. The largest absolute Gasteiger partial charge is 0.451 e. The summed E-state index contributed by atoms with van der Waals surface area (Å²) in [4.78, 5) is 12.8. The molecule has 0 unspecified atom stereocenters. The van der Waals surface area contributed by atoms with Crippen LogP contribution in [0.4, 0.5) is 11.8 Å². The van der Waals surface area contributed by atoms with Crippen molar-refractivity contribution >= 4 is 27.7 Å². The minimum atomic E-state index is -0.0355. The van der Waals surface area contributed by atoms with E-state index in [2.05, 4.69) is 66.4 Å². The number of nitrogens with one attached hydrogen (secondary N) is 4. The van der Waals surface area contributed by atoms with Crippen molar-refractivity contribution in [2.24, 2.45) is 0 Å². The summed E-state index contributed by atoms with van der Waals surface area (Å²) in [5.41, 5.74) is 12.2. The average molecular weight is 442 g/mol. The van der Waals surface area contributed by atoms with Gasteiger partial charge in [-0.05, 0) is 21.8 Å². The average Bonchev–Trinajstić information content (AvgIpc) is 2.64. The van der Waals surface area contributed by atoms with Crippen molar-refractivity contribution in [1.82, 2.24) is 25.8 Å². The zero-order valence-electron chi connectivity index (χ0n) is 15.2. The normalized spacial score (nSPS) is 10.9. The Kier molecular flexibility index (Phi) is 8.61. The molecule has 0 aromatic carbocycles. The summed E-state index contributed by atoms with van der Waals surface area (Å²) in [7, 11) is 0. The molecule has 2 heterocycles. The maximum Gasteiger partial charge on any atom is 0.239 e. The first-order valence-corrected chi connectivity index (χ1v) is 9.24. The van der Waals surface area contributed by atoms with Gasteiger partial charge in [-0.15, -0.1) is 0 Å². The highest BCUT2D eigenvalue weighted by atomic mass is 79.9. The molecule has 2 aromatic heterocycles. The molecule has 10 nitrogen and oxygen atoms in total. The Morgan fingerprint density at radius 2 is 1.74 bits per heavy atom. The van der Waals surface area contributed by atoms with Crippen LogP contribution >= 0.6 is 15.9 Å². The first kappa shape index (κ1) is 21.3. The molecular formula is C16H24BrN7O3. The smallest absolute Gasteiger partial charge is 0.239 e. The standard InChI is InChI=1S/C16H24BrN7O3/c1-10(2)11-8-18-14(17)7-12(11)27-13-9-19-16(24-21-4-6-26)22-15(13)23-20-3-5-25/h7-10,20-21,25-26H,3-6H2,1-2H3,(H2,19,22,23,24). The fourth-order valence-electron chi connectivity index (χ4n) is 2.06. The molecule has 0 spiro atoms. The van der Waals surface area contributed by atoms with Crippen molar-refractivity contribution in [3.63, 3.8) is 0 Å². The number of nitrogens with zero attached hydrogens (tertiary/aromatic N) is 3. The van der Waals surface area contributed by atoms with Gasteiger partial charge >= 0.3 is 0 Å². The number of hydrogen-bond donors (Lipinski definition) is 6. The van der Waals surface area contributed by atoms with E-state index >= 15 is 0 Å². The van der Waals surface area contributed by atoms with E-state index in [0.717, 1.165) is 5.56 Å². The maximum atomic E-state index is 8.95. The predicted octanol–water partition coefficient (Wildman–Crippen LogP) is 1.37. The molecule has 27 heavy (non-hydrogen) atoms. The lowest BCUT2D eigenvalue weighted by molar-refractivity contribution is 0.296. The summed E-state index contributed by atoms with van der Waals surface area (Å²) in [5.74, 6) is 1.93. The van der Waals surface area contributed by atoms with Gasteiger partial charge in [0.2, 0.25) is 5.95 Å². The predicted molar refractivity (Wildman–Crippen MR) is 106 cm³/mol. The van der Waals surface area contributed by atoms with Gasteiger partial charge < -0.3 is 20.4 Å². The second kappa shape index (κ2) is 10.9. The zero-order chi connectivity index (χ0) is 19.6. The van der Waals surface area contributed by atoms with E-state index in [1.807, 2.05) is 0 Å². The minimum absolute atomic E-state index is 0.0216. The number of aromatic nitrogens is 3. The zero-order valence-corrected chi connectivity index (χ0v) is 16.7. The number of aliphatic hydroxyl groups is 2. The molecule has 6 N–H and O–H groups in total. The Hall–Kier alpha value is -2.05. The third-order valence-corrected chi connectivity index (χ3v) is 3.77. The van der Waals surface area contributed by atoms with E-state index in [-0.39, 0.29) is 19.1 Å². The Morgan fingerprint density at radius 3 is 2.41 bits per heavy atom. The molecule has 0 fully saturated rings. The Balaban J connectivity index is 2.27. The van der Waals surface area contributed by atoms with Crippen LogP contribution in [0, 0.1) is 0 Å². The molecule has 0 aliphatic rings. The lowest BCUT2D eigenvalue weighted by atomic mass is 10.1. The maximum absolute atomic E-state index is 8.95. The summed E-state index contributed by atoms with van der Waals surface area (Å²) in [6.45, 7) is 4.72. The molecule has 0 amide bonds. The van der Waals surface area contributed by atoms with Crippen molar-refractivity contribution in [2.75, 3.05) is 37.2 Å². The number of ether oxygens (including phenoxy) is 1. The molecule has 0 radical (unpaired) electrons. The highest BCUT2D eigenvalue weighted by Gasteiger charge is 2.15. The van der Waals surface area contributed by atoms with Crippen LogP contribution in [-0.4, -0.2) is 51.5 Å². The molecule has 0 saturated carbocycles. The fourth-order valence-corrected chi connectivity index (χ4v) is 2.37. The lowest BCUT2D eigenvalue weighted by Gasteiger charge is -2.17. The van der Waals surface area contributed by atoms with Gasteiger partial charge in [0.1, 0.15) is 10.4 Å². The number of aliphatic hydroxyl groups excluding tert-OH is 2. The van der Waals surface area contributed by atoms with E-state index in [4.69, 9.17) is 14.9 Å². The molecule has 11 heteroatoms. The molecule has 0 aliphatic carbocycles. The van der Waals surface area contributed by atoms with E-state index in [0.29, 0.717) is 41.0 Å². The topological polar surface area (TPSA) is 136 Å². The first-order chi connectivity index (χ1) is 13.0. The lowest BCUT2D eigenvalue weighted by Crippen LogP contribution is -2.28. The van der Waals surface area contributed by atoms with E-state index in [1.165, 1.54) is 6.20 Å². The van der Waals surface area contributed by atoms with Gasteiger partial charge in [-0.25, -0.2) is 20.8 Å². The summed E-state index contributed by atoms with van der Waals surface area (Å²) < 4.78 is 6.70. The molecular weight excluding hydrogens is 418 g/mol. The minimum Gasteiger partial charge on any atom is -0.451 e. The van der Waals surface area contributed by atoms with E-state index in [1.54, 1.807) is 12.3 Å². The quantitative estimate of drug-likeness (QED) is 0.172. The number of pyridine rings is 1. The van der Waals surface area contributed by atoms with Gasteiger partial charge in [0.15, 0.2) is 11.6 Å². The second-order valence-corrected chi connectivity index (χ2v) is 6.57. The molecule has 2 aromatic rings. The van der Waals surface area contributed by atoms with Crippen molar-refractivity contribution in [2.45, 2.75) is 19.8 Å². The van der Waals surface area contributed by atoms with Crippen molar-refractivity contribution in [3.05, 3.63) is 28.6 Å². The SMILES string of the molecule is CC(C)c1cnc(Br)cc1Oc1cnc(NNCCO)nc1NNCCO. The molecule has 0 saturated heterocycles. The number of hydrazine groups is 2. The highest BCUT2D eigenvalue weighted by Crippen LogP contribution is 2.34. The van der Waals surface area contributed by atoms with Gasteiger partial charge in [0.05, 0.1) is 19.4 Å². The van der Waals surface area contributed by atoms with Crippen LogP contribution in [0.1, 0.15) is 25.3 Å². The third-order valence-electron chi connectivity index (χ3n) is 3.34. The molecule has 148 valence electrons. The van der Waals surface area contributed by atoms with Crippen LogP contribution in [0.2, 0.25) is 0 Å². The monoisotopic (exact) mass is 441 g/mol. The van der Waals surface area contributed by atoms with E-state index in [9.17, 15) is 0 Å². The first-order valence-electron chi connectivity index (χ1n) is 8.45. The number of rotatable bonds is 11. The van der Waals surface area contributed by atoms with Gasteiger partial charge in [0.25, 0.3) is 0 Å². The summed E-state index contributed by atoms with van der Waals surface area (Å²) in [6.07, 6.45) is 3.29. The van der Waals surface area contributed by atoms with Crippen LogP contribution in [0.25, 0.3) is 0 Å². The van der Waals surface area contributed by atoms with Crippen molar-refractivity contribution in [1.29, 1.82) is 0 Å². The number of hydrogen-bond acceptors (Lipinski definition) is 10. The van der Waals surface area contributed by atoms with Gasteiger partial charge in [0, 0.05) is 30.9 Å². The van der Waals surface area contributed by atoms with Crippen molar-refractivity contribution in [3.8, 4) is 11.5 Å². The van der Waals surface area contributed by atoms with Gasteiger partial charge in [-0.3, -0.25) is 5.43 Å². The Labute approximate surface area is 165 Å². The molecule has 0 bridgehead atoms. The summed E-state index contributed by atoms with van der Waals surface area (Å²) >= 11 is 3.36. The van der Waals surface area contributed by atoms with Gasteiger partial charge in [-0.2, -0.15) is 4.98 Å². The van der Waals surface area contributed by atoms with Crippen LogP contribution in [0.15, 0.2) is 23.1 Å². The van der Waals surface area contributed by atoms with Gasteiger partial charge in [-0.1, -0.05) is 13.8 Å². The van der Waals surface area contributed by atoms with Crippen LogP contribution < -0.4 is 26.4 Å². The highest BCUT2D eigenvalue weighted by molar-refractivity contribution is 9.10. The van der Waals surface area contributed by atoms with Crippen LogP contribution in [0.5, 0.6) is 11.5 Å². The summed E-state index contributed by atoms with van der Waals surface area (Å²) in [6, 6.07) is 1.79. The fraction of sp³-hybridized carbons (Fsp3) is 0.438. The molecule has 0 atom stereocenters. The van der Waals surface area contributed by atoms with E-state index < -0.39 is 0 Å². The molecule has 0 aliphatic heterocycles. The second-order valence-electron chi connectivity index (χ2n) is 5.76. The van der Waals surface area contributed by atoms with Crippen molar-refractivity contribution < 1.29 is 14.9 Å². The molecule has 2 rings (SSSR count). The third kappa shape index (κ3) is 6.56. The Morgan fingerprint density at radius 1 is 1.04 bits per heavy atom. The number of anilines is 2. The number of halogens is 1. The van der Waals surface area contributed by atoms with Crippen LogP contribution in [0.3, 0.4) is 0 Å². The Bertz CT molecular complexity index is 733.